The Hall–Kier alpha value is -2.03. The molecule has 22 heavy (non-hydrogen) atoms. The van der Waals surface area contributed by atoms with Gasteiger partial charge < -0.3 is 10.6 Å². The van der Waals surface area contributed by atoms with Crippen molar-refractivity contribution in [3.05, 3.63) is 54.4 Å². The Balaban J connectivity index is 1.98. The fourth-order valence-corrected chi connectivity index (χ4v) is 2.64. The average molecular weight is 336 g/mol. The Labute approximate surface area is 134 Å². The molecule has 1 atom stereocenters. The number of pyridine rings is 1. The van der Waals surface area contributed by atoms with Crippen LogP contribution in [0.2, 0.25) is 0 Å². The van der Waals surface area contributed by atoms with Crippen LogP contribution in [0.1, 0.15) is 18.5 Å². The summed E-state index contributed by atoms with van der Waals surface area (Å²) in [6, 6.07) is 9.88. The molecule has 0 aliphatic rings. The van der Waals surface area contributed by atoms with Crippen molar-refractivity contribution in [2.24, 2.45) is 5.14 Å². The van der Waals surface area contributed by atoms with E-state index in [1.54, 1.807) is 24.5 Å². The van der Waals surface area contributed by atoms with Crippen LogP contribution in [0.3, 0.4) is 0 Å². The predicted octanol–water partition coefficient (Wildman–Crippen LogP) is 1.78. The quantitative estimate of drug-likeness (QED) is 0.736. The van der Waals surface area contributed by atoms with E-state index in [0.717, 1.165) is 5.56 Å². The van der Waals surface area contributed by atoms with Gasteiger partial charge in [0, 0.05) is 18.1 Å². The van der Waals surface area contributed by atoms with E-state index in [2.05, 4.69) is 15.6 Å². The maximum absolute atomic E-state index is 11.2. The summed E-state index contributed by atoms with van der Waals surface area (Å²) in [5.74, 6) is 0. The Morgan fingerprint density at radius 1 is 1.18 bits per heavy atom. The van der Waals surface area contributed by atoms with Gasteiger partial charge in [-0.05, 0) is 61.1 Å². The highest BCUT2D eigenvalue weighted by molar-refractivity contribution is 7.89. The number of thiocarbonyl (C=S) groups is 1. The van der Waals surface area contributed by atoms with E-state index in [1.807, 2.05) is 19.1 Å². The number of benzene rings is 1. The minimum absolute atomic E-state index is 0.0201. The van der Waals surface area contributed by atoms with E-state index in [-0.39, 0.29) is 10.9 Å². The second-order valence-corrected chi connectivity index (χ2v) is 6.64. The number of hydrogen-bond acceptors (Lipinski definition) is 4. The topological polar surface area (TPSA) is 97.1 Å². The molecule has 8 heteroatoms. The lowest BCUT2D eigenvalue weighted by atomic mass is 10.1. The zero-order valence-electron chi connectivity index (χ0n) is 11.9. The lowest BCUT2D eigenvalue weighted by molar-refractivity contribution is 0.598. The molecule has 4 N–H and O–H groups in total. The zero-order chi connectivity index (χ0) is 16.2. The van der Waals surface area contributed by atoms with Crippen LogP contribution in [0.5, 0.6) is 0 Å². The first-order valence-electron chi connectivity index (χ1n) is 6.46. The Morgan fingerprint density at radius 3 is 2.32 bits per heavy atom. The largest absolute Gasteiger partial charge is 0.356 e. The van der Waals surface area contributed by atoms with E-state index in [4.69, 9.17) is 17.4 Å². The Bertz CT molecular complexity index is 746. The van der Waals surface area contributed by atoms with Crippen molar-refractivity contribution >= 4 is 33.0 Å². The molecule has 0 aliphatic carbocycles. The van der Waals surface area contributed by atoms with Gasteiger partial charge in [0.2, 0.25) is 10.0 Å². The number of nitrogens with two attached hydrogens (primary N) is 1. The second-order valence-electron chi connectivity index (χ2n) is 4.67. The van der Waals surface area contributed by atoms with Crippen LogP contribution >= 0.6 is 12.2 Å². The highest BCUT2D eigenvalue weighted by atomic mass is 32.2. The van der Waals surface area contributed by atoms with Gasteiger partial charge in [0.15, 0.2) is 5.11 Å². The molecule has 1 aromatic heterocycles. The molecule has 0 unspecified atom stereocenters. The number of anilines is 1. The van der Waals surface area contributed by atoms with Gasteiger partial charge in [-0.15, -0.1) is 0 Å². The number of nitrogens with one attached hydrogen (secondary N) is 2. The average Bonchev–Trinajstić information content (AvgIpc) is 2.47. The van der Waals surface area contributed by atoms with Crippen LogP contribution in [0.15, 0.2) is 53.7 Å². The Kier molecular flexibility index (Phi) is 5.07. The standard InChI is InChI=1S/C14H16N4O2S2/c1-10(11-6-8-16-9-7-11)17-14(21)18-12-2-4-13(5-3-12)22(15,19)20/h2-10H,1H3,(H2,15,19,20)(H2,17,18,21)/t10-/m1/s1. The summed E-state index contributed by atoms with van der Waals surface area (Å²) in [6.45, 7) is 1.98. The maximum Gasteiger partial charge on any atom is 0.238 e. The second kappa shape index (κ2) is 6.82. The normalized spacial score (nSPS) is 12.5. The van der Waals surface area contributed by atoms with E-state index in [0.29, 0.717) is 10.8 Å². The number of hydrogen-bond donors (Lipinski definition) is 3. The molecule has 0 saturated carbocycles. The molecule has 0 spiro atoms. The molecular formula is C14H16N4O2S2. The third-order valence-electron chi connectivity index (χ3n) is 2.99. The summed E-state index contributed by atoms with van der Waals surface area (Å²) in [5.41, 5.74) is 1.73. The van der Waals surface area contributed by atoms with Crippen molar-refractivity contribution in [1.82, 2.24) is 10.3 Å². The monoisotopic (exact) mass is 336 g/mol. The van der Waals surface area contributed by atoms with Gasteiger partial charge in [-0.3, -0.25) is 4.98 Å². The number of rotatable bonds is 4. The first kappa shape index (κ1) is 16.3. The van der Waals surface area contributed by atoms with E-state index in [1.165, 1.54) is 12.1 Å². The molecule has 116 valence electrons. The van der Waals surface area contributed by atoms with Gasteiger partial charge in [-0.2, -0.15) is 0 Å². The van der Waals surface area contributed by atoms with Crippen LogP contribution in [0.4, 0.5) is 5.69 Å². The predicted molar refractivity (Wildman–Crippen MR) is 89.8 cm³/mol. The zero-order valence-corrected chi connectivity index (χ0v) is 13.5. The van der Waals surface area contributed by atoms with E-state index < -0.39 is 10.0 Å². The molecule has 1 heterocycles. The van der Waals surface area contributed by atoms with E-state index >= 15 is 0 Å². The van der Waals surface area contributed by atoms with Gasteiger partial charge in [-0.25, -0.2) is 13.6 Å². The number of sulfonamides is 1. The van der Waals surface area contributed by atoms with Crippen molar-refractivity contribution in [3.8, 4) is 0 Å². The van der Waals surface area contributed by atoms with Crippen molar-refractivity contribution in [1.29, 1.82) is 0 Å². The summed E-state index contributed by atoms with van der Waals surface area (Å²) in [4.78, 5) is 4.02. The van der Waals surface area contributed by atoms with Crippen LogP contribution in [-0.2, 0) is 10.0 Å². The Morgan fingerprint density at radius 2 is 1.77 bits per heavy atom. The summed E-state index contributed by atoms with van der Waals surface area (Å²) in [7, 11) is -3.69. The van der Waals surface area contributed by atoms with Crippen molar-refractivity contribution < 1.29 is 8.42 Å². The van der Waals surface area contributed by atoms with Gasteiger partial charge in [0.25, 0.3) is 0 Å². The lowest BCUT2D eigenvalue weighted by Gasteiger charge is -2.17. The first-order valence-corrected chi connectivity index (χ1v) is 8.42. The minimum atomic E-state index is -3.69. The van der Waals surface area contributed by atoms with Gasteiger partial charge in [0.1, 0.15) is 0 Å². The minimum Gasteiger partial charge on any atom is -0.356 e. The molecule has 0 bridgehead atoms. The van der Waals surface area contributed by atoms with Crippen molar-refractivity contribution in [2.45, 2.75) is 17.9 Å². The molecule has 0 saturated heterocycles. The summed E-state index contributed by atoms with van der Waals surface area (Å²) >= 11 is 5.24. The summed E-state index contributed by atoms with van der Waals surface area (Å²) in [6.07, 6.45) is 3.44. The van der Waals surface area contributed by atoms with Crippen LogP contribution in [-0.4, -0.2) is 18.5 Å². The lowest BCUT2D eigenvalue weighted by Crippen LogP contribution is -2.30. The number of aromatic nitrogens is 1. The van der Waals surface area contributed by atoms with Gasteiger partial charge >= 0.3 is 0 Å². The molecule has 0 fully saturated rings. The van der Waals surface area contributed by atoms with Crippen LogP contribution in [0, 0.1) is 0 Å². The van der Waals surface area contributed by atoms with Gasteiger partial charge in [-0.1, -0.05) is 0 Å². The fourth-order valence-electron chi connectivity index (χ4n) is 1.83. The smallest absolute Gasteiger partial charge is 0.238 e. The maximum atomic E-state index is 11.2. The third kappa shape index (κ3) is 4.48. The third-order valence-corrected chi connectivity index (χ3v) is 4.14. The molecule has 0 aliphatic heterocycles. The van der Waals surface area contributed by atoms with Crippen molar-refractivity contribution in [3.63, 3.8) is 0 Å². The number of nitrogens with zero attached hydrogens (tertiary/aromatic N) is 1. The van der Waals surface area contributed by atoms with Crippen LogP contribution in [0.25, 0.3) is 0 Å². The highest BCUT2D eigenvalue weighted by Gasteiger charge is 2.09. The summed E-state index contributed by atoms with van der Waals surface area (Å²) in [5, 5.41) is 11.6. The molecule has 6 nitrogen and oxygen atoms in total. The van der Waals surface area contributed by atoms with E-state index in [9.17, 15) is 8.42 Å². The highest BCUT2D eigenvalue weighted by Crippen LogP contribution is 2.14. The molecule has 0 amide bonds. The molecule has 2 rings (SSSR count). The molecule has 0 radical (unpaired) electrons. The number of primary sulfonamides is 1. The molecule has 1 aromatic carbocycles. The fraction of sp³-hybridized carbons (Fsp3) is 0.143. The van der Waals surface area contributed by atoms with Crippen molar-refractivity contribution in [2.75, 3.05) is 5.32 Å². The SMILES string of the molecule is C[C@@H](NC(=S)Nc1ccc(S(N)(=O)=O)cc1)c1ccncc1. The van der Waals surface area contributed by atoms with Crippen LogP contribution < -0.4 is 15.8 Å². The van der Waals surface area contributed by atoms with Gasteiger partial charge in [0.05, 0.1) is 10.9 Å². The summed E-state index contributed by atoms with van der Waals surface area (Å²) < 4.78 is 22.4. The molecular weight excluding hydrogens is 320 g/mol. The first-order chi connectivity index (χ1) is 10.4. The molecule has 2 aromatic rings.